The molecule has 2 aromatic carbocycles. The molecule has 0 aliphatic carbocycles. The van der Waals surface area contributed by atoms with Crippen LogP contribution in [0.5, 0.6) is 0 Å². The number of esters is 1. The predicted molar refractivity (Wildman–Crippen MR) is 122 cm³/mol. The van der Waals surface area contributed by atoms with Gasteiger partial charge in [-0.25, -0.2) is 9.59 Å². The third-order valence-corrected chi connectivity index (χ3v) is 4.33. The highest BCUT2D eigenvalue weighted by atomic mass is 16.6. The molecule has 1 aromatic heterocycles. The zero-order valence-corrected chi connectivity index (χ0v) is 18.2. The lowest BCUT2D eigenvalue weighted by Crippen LogP contribution is -2.35. The third kappa shape index (κ3) is 6.29. The van der Waals surface area contributed by atoms with Crippen molar-refractivity contribution < 1.29 is 24.0 Å². The number of nitro benzene ring substituents is 1. The molecule has 172 valence electrons. The number of ether oxygens (including phenoxy) is 1. The number of H-pyrrole nitrogens is 1. The van der Waals surface area contributed by atoms with Gasteiger partial charge in [-0.05, 0) is 51.1 Å². The normalized spacial score (nSPS) is 11.0. The molecule has 0 fully saturated rings. The Bertz CT molecular complexity index is 1210. The Morgan fingerprint density at radius 3 is 2.33 bits per heavy atom. The Hall–Kier alpha value is -4.41. The molecule has 0 aliphatic heterocycles. The number of non-ortho nitro benzene ring substituents is 1. The van der Waals surface area contributed by atoms with Gasteiger partial charge < -0.3 is 25.7 Å². The van der Waals surface area contributed by atoms with Crippen LogP contribution < -0.4 is 16.0 Å². The Morgan fingerprint density at radius 2 is 1.70 bits per heavy atom. The van der Waals surface area contributed by atoms with Crippen LogP contribution in [0.25, 0.3) is 10.9 Å². The number of nitro groups is 1. The lowest BCUT2D eigenvalue weighted by atomic mass is 10.1. The fourth-order valence-corrected chi connectivity index (χ4v) is 2.91. The summed E-state index contributed by atoms with van der Waals surface area (Å²) in [4.78, 5) is 49.8. The van der Waals surface area contributed by atoms with Crippen molar-refractivity contribution in [3.05, 3.63) is 64.3 Å². The SMILES string of the molecule is CC(C)(C)OC(=O)c1c[nH]c2ccc(NC(=O)CNC(=O)Nc3ccc([N+](=O)[O-])cc3)cc12. The van der Waals surface area contributed by atoms with E-state index in [-0.39, 0.29) is 12.2 Å². The Balaban J connectivity index is 1.58. The maximum absolute atomic E-state index is 12.4. The second-order valence-electron chi connectivity index (χ2n) is 8.12. The summed E-state index contributed by atoms with van der Waals surface area (Å²) in [7, 11) is 0. The first-order chi connectivity index (χ1) is 15.5. The number of benzene rings is 2. The summed E-state index contributed by atoms with van der Waals surface area (Å²) >= 11 is 0. The van der Waals surface area contributed by atoms with Crippen molar-refractivity contribution in [2.24, 2.45) is 0 Å². The van der Waals surface area contributed by atoms with E-state index in [1.54, 1.807) is 45.2 Å². The fourth-order valence-electron chi connectivity index (χ4n) is 2.91. The van der Waals surface area contributed by atoms with Gasteiger partial charge >= 0.3 is 12.0 Å². The van der Waals surface area contributed by atoms with Crippen molar-refractivity contribution in [2.75, 3.05) is 17.2 Å². The summed E-state index contributed by atoms with van der Waals surface area (Å²) in [5.74, 6) is -0.968. The maximum atomic E-state index is 12.4. The first kappa shape index (κ1) is 23.3. The topological polar surface area (TPSA) is 155 Å². The quantitative estimate of drug-likeness (QED) is 0.253. The highest BCUT2D eigenvalue weighted by Gasteiger charge is 2.21. The summed E-state index contributed by atoms with van der Waals surface area (Å²) in [5, 5.41) is 18.8. The van der Waals surface area contributed by atoms with Crippen LogP contribution >= 0.6 is 0 Å². The molecule has 1 heterocycles. The van der Waals surface area contributed by atoms with E-state index in [1.165, 1.54) is 24.3 Å². The van der Waals surface area contributed by atoms with E-state index in [0.717, 1.165) is 0 Å². The van der Waals surface area contributed by atoms with E-state index in [4.69, 9.17) is 4.74 Å². The summed E-state index contributed by atoms with van der Waals surface area (Å²) < 4.78 is 5.41. The number of fused-ring (bicyclic) bond motifs is 1. The first-order valence-corrected chi connectivity index (χ1v) is 9.95. The largest absolute Gasteiger partial charge is 0.456 e. The van der Waals surface area contributed by atoms with Crippen LogP contribution in [0, 0.1) is 10.1 Å². The third-order valence-electron chi connectivity index (χ3n) is 4.33. The van der Waals surface area contributed by atoms with Crippen molar-refractivity contribution in [1.82, 2.24) is 10.3 Å². The molecular formula is C22H23N5O6. The minimum Gasteiger partial charge on any atom is -0.456 e. The van der Waals surface area contributed by atoms with E-state index in [1.807, 2.05) is 0 Å². The van der Waals surface area contributed by atoms with Crippen LogP contribution in [-0.2, 0) is 9.53 Å². The second-order valence-corrected chi connectivity index (χ2v) is 8.12. The van der Waals surface area contributed by atoms with Gasteiger partial charge in [-0.2, -0.15) is 0 Å². The number of hydrogen-bond acceptors (Lipinski definition) is 6. The van der Waals surface area contributed by atoms with Gasteiger partial charge in [-0.1, -0.05) is 0 Å². The van der Waals surface area contributed by atoms with Gasteiger partial charge in [0.2, 0.25) is 5.91 Å². The van der Waals surface area contributed by atoms with Crippen molar-refractivity contribution in [3.8, 4) is 0 Å². The molecule has 0 saturated carbocycles. The van der Waals surface area contributed by atoms with Gasteiger partial charge in [0.05, 0.1) is 17.0 Å². The van der Waals surface area contributed by atoms with Crippen molar-refractivity contribution in [3.63, 3.8) is 0 Å². The molecule has 0 spiro atoms. The highest BCUT2D eigenvalue weighted by Crippen LogP contribution is 2.24. The van der Waals surface area contributed by atoms with E-state index in [0.29, 0.717) is 27.8 Å². The number of amides is 3. The number of aromatic nitrogens is 1. The van der Waals surface area contributed by atoms with Crippen molar-refractivity contribution in [1.29, 1.82) is 0 Å². The molecule has 4 N–H and O–H groups in total. The molecule has 0 unspecified atom stereocenters. The molecule has 33 heavy (non-hydrogen) atoms. The number of nitrogens with zero attached hydrogens (tertiary/aromatic N) is 1. The van der Waals surface area contributed by atoms with E-state index < -0.39 is 28.4 Å². The van der Waals surface area contributed by atoms with Crippen LogP contribution in [0.4, 0.5) is 21.9 Å². The lowest BCUT2D eigenvalue weighted by Gasteiger charge is -2.19. The Morgan fingerprint density at radius 1 is 1.03 bits per heavy atom. The zero-order valence-electron chi connectivity index (χ0n) is 18.2. The molecule has 0 aliphatic rings. The number of rotatable bonds is 6. The average Bonchev–Trinajstić information content (AvgIpc) is 3.15. The molecule has 0 radical (unpaired) electrons. The standard InChI is InChI=1S/C22H23N5O6/c1-22(2,3)33-20(29)17-11-23-18-9-6-14(10-16(17)18)25-19(28)12-24-21(30)26-13-4-7-15(8-5-13)27(31)32/h4-11,23H,12H2,1-3H3,(H,25,28)(H2,24,26,30). The van der Waals surface area contributed by atoms with E-state index >= 15 is 0 Å². The van der Waals surface area contributed by atoms with Crippen molar-refractivity contribution >= 4 is 45.9 Å². The molecule has 11 nitrogen and oxygen atoms in total. The summed E-state index contributed by atoms with van der Waals surface area (Å²) in [5.41, 5.74) is 1.08. The van der Waals surface area contributed by atoms with E-state index in [2.05, 4.69) is 20.9 Å². The number of hydrogen-bond donors (Lipinski definition) is 4. The summed E-state index contributed by atoms with van der Waals surface area (Å²) in [6, 6.07) is 9.64. The number of carbonyl (C=O) groups excluding carboxylic acids is 3. The number of carbonyl (C=O) groups is 3. The molecule has 3 amide bonds. The lowest BCUT2D eigenvalue weighted by molar-refractivity contribution is -0.384. The van der Waals surface area contributed by atoms with Gasteiger partial charge in [0.15, 0.2) is 0 Å². The molecule has 0 saturated heterocycles. The molecular weight excluding hydrogens is 430 g/mol. The molecule has 0 bridgehead atoms. The van der Waals surface area contributed by atoms with Crippen LogP contribution in [0.1, 0.15) is 31.1 Å². The minimum absolute atomic E-state index is 0.102. The predicted octanol–water partition coefficient (Wildman–Crippen LogP) is 3.79. The fraction of sp³-hybridized carbons (Fsp3) is 0.227. The van der Waals surface area contributed by atoms with Crippen LogP contribution in [0.3, 0.4) is 0 Å². The Kier molecular flexibility index (Phi) is 6.61. The average molecular weight is 453 g/mol. The van der Waals surface area contributed by atoms with Gasteiger partial charge in [0.25, 0.3) is 5.69 Å². The summed E-state index contributed by atoms with van der Waals surface area (Å²) in [6.45, 7) is 5.01. The number of nitrogens with one attached hydrogen (secondary N) is 4. The van der Waals surface area contributed by atoms with Gasteiger partial charge in [0.1, 0.15) is 5.60 Å². The molecule has 3 aromatic rings. The summed E-state index contributed by atoms with van der Waals surface area (Å²) in [6.07, 6.45) is 1.55. The number of urea groups is 1. The Labute approximate surface area is 188 Å². The van der Waals surface area contributed by atoms with Gasteiger partial charge in [0, 0.05) is 40.6 Å². The first-order valence-electron chi connectivity index (χ1n) is 9.95. The number of anilines is 2. The monoisotopic (exact) mass is 453 g/mol. The second kappa shape index (κ2) is 9.39. The maximum Gasteiger partial charge on any atom is 0.340 e. The molecule has 0 atom stereocenters. The van der Waals surface area contributed by atoms with E-state index in [9.17, 15) is 24.5 Å². The van der Waals surface area contributed by atoms with Gasteiger partial charge in [-0.15, -0.1) is 0 Å². The van der Waals surface area contributed by atoms with Crippen molar-refractivity contribution in [2.45, 2.75) is 26.4 Å². The molecule has 3 rings (SSSR count). The number of aromatic amines is 1. The van der Waals surface area contributed by atoms with Crippen LogP contribution in [-0.4, -0.2) is 40.0 Å². The molecule has 11 heteroatoms. The minimum atomic E-state index is -0.646. The zero-order chi connectivity index (χ0) is 24.2. The van der Waals surface area contributed by atoms with Crippen LogP contribution in [0.2, 0.25) is 0 Å². The van der Waals surface area contributed by atoms with Crippen LogP contribution in [0.15, 0.2) is 48.7 Å². The smallest absolute Gasteiger partial charge is 0.340 e. The highest BCUT2D eigenvalue weighted by molar-refractivity contribution is 6.06. The van der Waals surface area contributed by atoms with Gasteiger partial charge in [-0.3, -0.25) is 14.9 Å².